The van der Waals surface area contributed by atoms with Crippen molar-refractivity contribution in [1.82, 2.24) is 0 Å². The Morgan fingerprint density at radius 1 is 1.90 bits per heavy atom. The highest BCUT2D eigenvalue weighted by atomic mass is 16.4. The van der Waals surface area contributed by atoms with Crippen molar-refractivity contribution in [3.05, 3.63) is 12.7 Å². The zero-order valence-corrected chi connectivity index (χ0v) is 5.58. The molecule has 1 aliphatic rings. The molecule has 0 aromatic heterocycles. The van der Waals surface area contributed by atoms with Crippen LogP contribution < -0.4 is 0 Å². The molecule has 0 heterocycles. The second-order valence-electron chi connectivity index (χ2n) is 2.43. The normalized spacial score (nSPS) is 36.6. The molecule has 0 spiro atoms. The summed E-state index contributed by atoms with van der Waals surface area (Å²) in [7, 11) is 0. The molecule has 0 aromatic carbocycles. The lowest BCUT2D eigenvalue weighted by molar-refractivity contribution is -0.139. The molecule has 0 aliphatic heterocycles. The fraction of sp³-hybridized carbons (Fsp3) is 0.429. The minimum Gasteiger partial charge on any atom is -0.479 e. The van der Waals surface area contributed by atoms with Crippen molar-refractivity contribution in [2.75, 3.05) is 0 Å². The van der Waals surface area contributed by atoms with Gasteiger partial charge in [-0.05, 0) is 13.1 Å². The summed E-state index contributed by atoms with van der Waals surface area (Å²) < 4.78 is 0. The maximum absolute atomic E-state index is 10.5. The molecule has 2 unspecified atom stereocenters. The van der Waals surface area contributed by atoms with Gasteiger partial charge in [-0.15, -0.1) is 6.58 Å². The molecule has 0 amide bonds. The average Bonchev–Trinajstić information content (AvgIpc) is 2.62. The van der Waals surface area contributed by atoms with Crippen LogP contribution in [0, 0.1) is 5.92 Å². The van der Waals surface area contributed by atoms with E-state index in [-0.39, 0.29) is 5.92 Å². The highest BCUT2D eigenvalue weighted by Gasteiger charge is 2.58. The third-order valence-corrected chi connectivity index (χ3v) is 1.92. The smallest absolute Gasteiger partial charge is 0.332 e. The van der Waals surface area contributed by atoms with Crippen LogP contribution in [0.2, 0.25) is 0 Å². The van der Waals surface area contributed by atoms with Crippen LogP contribution in [0.15, 0.2) is 17.6 Å². The fourth-order valence-electron chi connectivity index (χ4n) is 1.05. The van der Waals surface area contributed by atoms with E-state index in [9.17, 15) is 4.79 Å². The standard InChI is InChI=1S/C7H9NO2/c1-3-5-4-7(5,8-2)6(9)10/h3,5H,1-2,4H2,(H,9,10). The Morgan fingerprint density at radius 3 is 2.60 bits per heavy atom. The molecule has 1 fully saturated rings. The van der Waals surface area contributed by atoms with E-state index >= 15 is 0 Å². The minimum atomic E-state index is -0.929. The van der Waals surface area contributed by atoms with Crippen LogP contribution in [-0.4, -0.2) is 23.3 Å². The SMILES string of the molecule is C=CC1CC1(N=C)C(=O)O. The zero-order chi connectivity index (χ0) is 7.78. The molecule has 1 N–H and O–H groups in total. The highest BCUT2D eigenvalue weighted by Crippen LogP contribution is 2.47. The lowest BCUT2D eigenvalue weighted by Gasteiger charge is -2.00. The maximum Gasteiger partial charge on any atom is 0.332 e. The Balaban J connectivity index is 2.76. The number of carboxylic acids is 1. The van der Waals surface area contributed by atoms with Crippen LogP contribution in [0.25, 0.3) is 0 Å². The van der Waals surface area contributed by atoms with Gasteiger partial charge in [0, 0.05) is 5.92 Å². The average molecular weight is 139 g/mol. The number of hydrogen-bond donors (Lipinski definition) is 1. The highest BCUT2D eigenvalue weighted by molar-refractivity contribution is 5.85. The summed E-state index contributed by atoms with van der Waals surface area (Å²) in [6.45, 7) is 6.73. The van der Waals surface area contributed by atoms with Crippen molar-refractivity contribution in [3.8, 4) is 0 Å². The number of aliphatic carboxylic acids is 1. The molecule has 3 heteroatoms. The number of carboxylic acid groups (broad SMARTS) is 1. The summed E-state index contributed by atoms with van der Waals surface area (Å²) in [6, 6.07) is 0. The first kappa shape index (κ1) is 6.99. The molecule has 1 rings (SSSR count). The van der Waals surface area contributed by atoms with Crippen molar-refractivity contribution in [2.24, 2.45) is 10.9 Å². The first-order chi connectivity index (χ1) is 4.67. The quantitative estimate of drug-likeness (QED) is 0.462. The molecular formula is C7H9NO2. The Bertz CT molecular complexity index is 200. The van der Waals surface area contributed by atoms with Gasteiger partial charge >= 0.3 is 5.97 Å². The minimum absolute atomic E-state index is 0.0116. The third-order valence-electron chi connectivity index (χ3n) is 1.92. The summed E-state index contributed by atoms with van der Waals surface area (Å²) in [5.74, 6) is -0.908. The van der Waals surface area contributed by atoms with E-state index in [2.05, 4.69) is 18.3 Å². The first-order valence-electron chi connectivity index (χ1n) is 3.01. The van der Waals surface area contributed by atoms with Gasteiger partial charge in [-0.2, -0.15) is 0 Å². The van der Waals surface area contributed by atoms with Crippen LogP contribution >= 0.6 is 0 Å². The largest absolute Gasteiger partial charge is 0.479 e. The van der Waals surface area contributed by atoms with Crippen LogP contribution in [0.3, 0.4) is 0 Å². The molecule has 0 radical (unpaired) electrons. The summed E-state index contributed by atoms with van der Waals surface area (Å²) in [5.41, 5.74) is -0.929. The molecular weight excluding hydrogens is 130 g/mol. The van der Waals surface area contributed by atoms with Crippen molar-refractivity contribution in [2.45, 2.75) is 12.0 Å². The number of nitrogens with zero attached hydrogens (tertiary/aromatic N) is 1. The van der Waals surface area contributed by atoms with E-state index < -0.39 is 11.5 Å². The van der Waals surface area contributed by atoms with E-state index in [1.807, 2.05) is 0 Å². The second kappa shape index (κ2) is 1.94. The Labute approximate surface area is 59.1 Å². The van der Waals surface area contributed by atoms with Gasteiger partial charge in [0.15, 0.2) is 5.54 Å². The molecule has 1 saturated carbocycles. The van der Waals surface area contributed by atoms with Crippen molar-refractivity contribution in [3.63, 3.8) is 0 Å². The molecule has 2 atom stereocenters. The van der Waals surface area contributed by atoms with E-state index in [0.29, 0.717) is 6.42 Å². The maximum atomic E-state index is 10.5. The number of aliphatic imine (C=N–C) groups is 1. The summed E-state index contributed by atoms with van der Waals surface area (Å²) in [5, 5.41) is 8.62. The Morgan fingerprint density at radius 2 is 2.50 bits per heavy atom. The van der Waals surface area contributed by atoms with Crippen LogP contribution in [0.1, 0.15) is 6.42 Å². The topological polar surface area (TPSA) is 49.7 Å². The second-order valence-corrected chi connectivity index (χ2v) is 2.43. The lowest BCUT2D eigenvalue weighted by Crippen LogP contribution is -2.21. The number of rotatable bonds is 3. The van der Waals surface area contributed by atoms with Gasteiger partial charge in [0.25, 0.3) is 0 Å². The predicted molar refractivity (Wildman–Crippen MR) is 38.2 cm³/mol. The van der Waals surface area contributed by atoms with Crippen molar-refractivity contribution in [1.29, 1.82) is 0 Å². The monoisotopic (exact) mass is 139 g/mol. The van der Waals surface area contributed by atoms with E-state index in [1.54, 1.807) is 6.08 Å². The molecule has 0 saturated heterocycles. The Hall–Kier alpha value is -1.12. The predicted octanol–water partition coefficient (Wildman–Crippen LogP) is 0.716. The van der Waals surface area contributed by atoms with Crippen LogP contribution in [-0.2, 0) is 4.79 Å². The molecule has 3 nitrogen and oxygen atoms in total. The van der Waals surface area contributed by atoms with Gasteiger partial charge < -0.3 is 5.11 Å². The number of carbonyl (C=O) groups is 1. The first-order valence-corrected chi connectivity index (χ1v) is 3.01. The van der Waals surface area contributed by atoms with Gasteiger partial charge in [-0.3, -0.25) is 4.99 Å². The van der Waals surface area contributed by atoms with E-state index in [4.69, 9.17) is 5.11 Å². The van der Waals surface area contributed by atoms with Gasteiger partial charge in [0.1, 0.15) is 0 Å². The number of hydrogen-bond acceptors (Lipinski definition) is 2. The molecule has 0 bridgehead atoms. The van der Waals surface area contributed by atoms with Crippen LogP contribution in [0.4, 0.5) is 0 Å². The van der Waals surface area contributed by atoms with Gasteiger partial charge in [0.2, 0.25) is 0 Å². The Kier molecular flexibility index (Phi) is 1.35. The van der Waals surface area contributed by atoms with E-state index in [1.165, 1.54) is 0 Å². The molecule has 54 valence electrons. The third kappa shape index (κ3) is 0.667. The van der Waals surface area contributed by atoms with Crippen molar-refractivity contribution >= 4 is 12.7 Å². The van der Waals surface area contributed by atoms with Crippen LogP contribution in [0.5, 0.6) is 0 Å². The summed E-state index contributed by atoms with van der Waals surface area (Å²) in [6.07, 6.45) is 2.16. The molecule has 10 heavy (non-hydrogen) atoms. The molecule has 0 aromatic rings. The molecule has 1 aliphatic carbocycles. The fourth-order valence-corrected chi connectivity index (χ4v) is 1.05. The van der Waals surface area contributed by atoms with Crippen molar-refractivity contribution < 1.29 is 9.90 Å². The summed E-state index contributed by atoms with van der Waals surface area (Å²) in [4.78, 5) is 14.1. The zero-order valence-electron chi connectivity index (χ0n) is 5.58. The van der Waals surface area contributed by atoms with Gasteiger partial charge in [-0.25, -0.2) is 4.79 Å². The summed E-state index contributed by atoms with van der Waals surface area (Å²) >= 11 is 0. The van der Waals surface area contributed by atoms with E-state index in [0.717, 1.165) is 0 Å². The lowest BCUT2D eigenvalue weighted by atomic mass is 10.2. The van der Waals surface area contributed by atoms with Gasteiger partial charge in [0.05, 0.1) is 0 Å². The van der Waals surface area contributed by atoms with Gasteiger partial charge in [-0.1, -0.05) is 6.08 Å².